The summed E-state index contributed by atoms with van der Waals surface area (Å²) in [6, 6.07) is 8.30. The maximum atomic E-state index is 11.5. The smallest absolute Gasteiger partial charge is 0.250 e. The lowest BCUT2D eigenvalue weighted by Crippen LogP contribution is -2.19. The highest BCUT2D eigenvalue weighted by molar-refractivity contribution is 5.92. The number of hydrogen-bond acceptors (Lipinski definition) is 3. The van der Waals surface area contributed by atoms with Gasteiger partial charge in [0.2, 0.25) is 5.91 Å². The van der Waals surface area contributed by atoms with Gasteiger partial charge in [0, 0.05) is 24.5 Å². The molecular formula is C16H26N2O2. The Labute approximate surface area is 121 Å². The molecule has 0 radical (unpaired) electrons. The Morgan fingerprint density at radius 2 is 2.05 bits per heavy atom. The van der Waals surface area contributed by atoms with E-state index < -0.39 is 0 Å². The quantitative estimate of drug-likeness (QED) is 0.725. The molecule has 1 amide bonds. The molecule has 0 spiro atoms. The average molecular weight is 278 g/mol. The van der Waals surface area contributed by atoms with E-state index in [2.05, 4.69) is 24.5 Å². The Bertz CT molecular complexity index is 407. The van der Waals surface area contributed by atoms with E-state index in [-0.39, 0.29) is 12.5 Å². The van der Waals surface area contributed by atoms with Gasteiger partial charge >= 0.3 is 0 Å². The van der Waals surface area contributed by atoms with E-state index in [1.54, 1.807) is 0 Å². The highest BCUT2D eigenvalue weighted by Gasteiger charge is 2.06. The van der Waals surface area contributed by atoms with Crippen LogP contribution in [0.25, 0.3) is 0 Å². The second-order valence-electron chi connectivity index (χ2n) is 4.95. The molecule has 20 heavy (non-hydrogen) atoms. The number of ether oxygens (including phenoxy) is 1. The first-order valence-corrected chi connectivity index (χ1v) is 7.35. The minimum atomic E-state index is -0.136. The molecule has 0 aliphatic carbocycles. The number of carbonyl (C=O) groups excluding carboxylic acids is 1. The van der Waals surface area contributed by atoms with Crippen molar-refractivity contribution in [2.45, 2.75) is 45.6 Å². The van der Waals surface area contributed by atoms with Crippen LogP contribution in [-0.4, -0.2) is 25.7 Å². The predicted octanol–water partition coefficient (Wildman–Crippen LogP) is 3.65. The number of anilines is 2. The molecule has 1 rings (SSSR count). The van der Waals surface area contributed by atoms with E-state index in [0.717, 1.165) is 17.8 Å². The third-order valence-electron chi connectivity index (χ3n) is 3.19. The van der Waals surface area contributed by atoms with Crippen LogP contribution >= 0.6 is 0 Å². The van der Waals surface area contributed by atoms with Gasteiger partial charge in [-0.2, -0.15) is 0 Å². The van der Waals surface area contributed by atoms with Gasteiger partial charge in [-0.1, -0.05) is 32.8 Å². The Hall–Kier alpha value is -1.55. The molecule has 4 nitrogen and oxygen atoms in total. The van der Waals surface area contributed by atoms with Gasteiger partial charge in [0.1, 0.15) is 6.61 Å². The molecular weight excluding hydrogens is 252 g/mol. The molecule has 1 aromatic rings. The summed E-state index contributed by atoms with van der Waals surface area (Å²) in [6.07, 6.45) is 4.72. The number of unbranched alkanes of at least 4 members (excludes halogenated alkanes) is 1. The minimum absolute atomic E-state index is 0.0751. The van der Waals surface area contributed by atoms with Crippen LogP contribution in [0.3, 0.4) is 0 Å². The zero-order chi connectivity index (χ0) is 14.8. The summed E-state index contributed by atoms with van der Waals surface area (Å²) in [5.74, 6) is -0.136. The number of nitrogens with one attached hydrogen (secondary N) is 2. The first kappa shape index (κ1) is 16.5. The molecule has 2 N–H and O–H groups in total. The Kier molecular flexibility index (Phi) is 7.73. The second-order valence-corrected chi connectivity index (χ2v) is 4.95. The third kappa shape index (κ3) is 6.06. The van der Waals surface area contributed by atoms with Crippen molar-refractivity contribution in [1.29, 1.82) is 0 Å². The van der Waals surface area contributed by atoms with Crippen molar-refractivity contribution in [2.24, 2.45) is 0 Å². The van der Waals surface area contributed by atoms with Gasteiger partial charge in [-0.3, -0.25) is 4.79 Å². The largest absolute Gasteiger partial charge is 0.382 e. The molecule has 1 unspecified atom stereocenters. The molecule has 0 aliphatic heterocycles. The van der Waals surface area contributed by atoms with Gasteiger partial charge < -0.3 is 15.4 Å². The van der Waals surface area contributed by atoms with E-state index in [0.29, 0.717) is 6.04 Å². The van der Waals surface area contributed by atoms with Gasteiger partial charge in [0.05, 0.1) is 0 Å². The lowest BCUT2D eigenvalue weighted by atomic mass is 10.1. The van der Waals surface area contributed by atoms with Crippen LogP contribution in [-0.2, 0) is 9.53 Å². The highest BCUT2D eigenvalue weighted by Crippen LogP contribution is 2.18. The maximum absolute atomic E-state index is 11.5. The number of carbonyl (C=O) groups is 1. The summed E-state index contributed by atoms with van der Waals surface area (Å²) in [7, 11) is 1.51. The molecule has 0 bridgehead atoms. The first-order valence-electron chi connectivity index (χ1n) is 7.35. The topological polar surface area (TPSA) is 50.4 Å². The van der Waals surface area contributed by atoms with Crippen LogP contribution < -0.4 is 10.6 Å². The molecule has 0 aliphatic rings. The molecule has 0 heterocycles. The summed E-state index contributed by atoms with van der Waals surface area (Å²) in [5.41, 5.74) is 1.84. The van der Waals surface area contributed by atoms with Crippen LogP contribution in [0.1, 0.15) is 39.5 Å². The van der Waals surface area contributed by atoms with E-state index in [4.69, 9.17) is 4.74 Å². The van der Waals surface area contributed by atoms with Gasteiger partial charge in [-0.05, 0) is 31.0 Å². The van der Waals surface area contributed by atoms with Crippen molar-refractivity contribution in [3.8, 4) is 0 Å². The van der Waals surface area contributed by atoms with Gasteiger partial charge in [-0.25, -0.2) is 0 Å². The Balaban J connectivity index is 2.60. The van der Waals surface area contributed by atoms with Gasteiger partial charge in [0.25, 0.3) is 0 Å². The van der Waals surface area contributed by atoms with Crippen LogP contribution in [0.2, 0.25) is 0 Å². The summed E-state index contributed by atoms with van der Waals surface area (Å²) in [6.45, 7) is 4.47. The number of methoxy groups -OCH3 is 1. The Morgan fingerprint density at radius 3 is 2.70 bits per heavy atom. The van der Waals surface area contributed by atoms with E-state index in [9.17, 15) is 4.79 Å². The summed E-state index contributed by atoms with van der Waals surface area (Å²) < 4.78 is 4.80. The van der Waals surface area contributed by atoms with Crippen LogP contribution in [0.4, 0.5) is 11.4 Å². The zero-order valence-corrected chi connectivity index (χ0v) is 12.7. The van der Waals surface area contributed by atoms with E-state index in [1.807, 2.05) is 24.3 Å². The standard InChI is InChI=1S/C16H26N2O2/c1-4-6-8-13(5-2)17-14-9-7-10-15(11-14)18-16(19)12-20-3/h7,9-11,13,17H,4-6,8,12H2,1-3H3,(H,18,19). The molecule has 0 fully saturated rings. The zero-order valence-electron chi connectivity index (χ0n) is 12.7. The lowest BCUT2D eigenvalue weighted by Gasteiger charge is -2.18. The fourth-order valence-electron chi connectivity index (χ4n) is 2.08. The number of benzene rings is 1. The summed E-state index contributed by atoms with van der Waals surface area (Å²) in [5, 5.41) is 6.34. The van der Waals surface area contributed by atoms with Crippen molar-refractivity contribution < 1.29 is 9.53 Å². The third-order valence-corrected chi connectivity index (χ3v) is 3.19. The monoisotopic (exact) mass is 278 g/mol. The fourth-order valence-corrected chi connectivity index (χ4v) is 2.08. The Morgan fingerprint density at radius 1 is 1.30 bits per heavy atom. The fraction of sp³-hybridized carbons (Fsp3) is 0.562. The van der Waals surface area contributed by atoms with Crippen molar-refractivity contribution in [3.63, 3.8) is 0 Å². The normalized spacial score (nSPS) is 11.9. The maximum Gasteiger partial charge on any atom is 0.250 e. The average Bonchev–Trinajstić information content (AvgIpc) is 2.44. The summed E-state index contributed by atoms with van der Waals surface area (Å²) in [4.78, 5) is 11.5. The first-order chi connectivity index (χ1) is 9.69. The van der Waals surface area contributed by atoms with Crippen molar-refractivity contribution >= 4 is 17.3 Å². The molecule has 0 aromatic heterocycles. The molecule has 1 atom stereocenters. The van der Waals surface area contributed by atoms with Crippen LogP contribution in [0.5, 0.6) is 0 Å². The molecule has 1 aromatic carbocycles. The van der Waals surface area contributed by atoms with Gasteiger partial charge in [0.15, 0.2) is 0 Å². The SMILES string of the molecule is CCCCC(CC)Nc1cccc(NC(=O)COC)c1. The van der Waals surface area contributed by atoms with Crippen molar-refractivity contribution in [3.05, 3.63) is 24.3 Å². The van der Waals surface area contributed by atoms with E-state index >= 15 is 0 Å². The minimum Gasteiger partial charge on any atom is -0.382 e. The second kappa shape index (κ2) is 9.37. The molecule has 0 saturated heterocycles. The highest BCUT2D eigenvalue weighted by atomic mass is 16.5. The van der Waals surface area contributed by atoms with Crippen LogP contribution in [0, 0.1) is 0 Å². The van der Waals surface area contributed by atoms with Gasteiger partial charge in [-0.15, -0.1) is 0 Å². The molecule has 0 saturated carbocycles. The number of amides is 1. The van der Waals surface area contributed by atoms with E-state index in [1.165, 1.54) is 26.4 Å². The lowest BCUT2D eigenvalue weighted by molar-refractivity contribution is -0.119. The number of rotatable bonds is 9. The van der Waals surface area contributed by atoms with Crippen molar-refractivity contribution in [1.82, 2.24) is 0 Å². The predicted molar refractivity (Wildman–Crippen MR) is 84.2 cm³/mol. The molecule has 4 heteroatoms. The summed E-state index contributed by atoms with van der Waals surface area (Å²) >= 11 is 0. The van der Waals surface area contributed by atoms with Crippen LogP contribution in [0.15, 0.2) is 24.3 Å². The number of hydrogen-bond donors (Lipinski definition) is 2. The van der Waals surface area contributed by atoms with Crippen molar-refractivity contribution in [2.75, 3.05) is 24.4 Å². The molecule has 112 valence electrons.